The Morgan fingerprint density at radius 1 is 1.13 bits per heavy atom. The van der Waals surface area contributed by atoms with Crippen LogP contribution in [0.25, 0.3) is 0 Å². The Hall–Kier alpha value is -2.84. The highest BCUT2D eigenvalue weighted by Crippen LogP contribution is 2.27. The Balaban J connectivity index is 1.53. The zero-order valence-corrected chi connectivity index (χ0v) is 18.3. The molecule has 3 rings (SSSR count). The third kappa shape index (κ3) is 6.57. The summed E-state index contributed by atoms with van der Waals surface area (Å²) in [5.41, 5.74) is 1.23. The first kappa shape index (κ1) is 22.8. The number of carbonyl (C=O) groups excluding carboxylic acids is 3. The molecule has 0 bridgehead atoms. The summed E-state index contributed by atoms with van der Waals surface area (Å²) in [4.78, 5) is 36.9. The summed E-state index contributed by atoms with van der Waals surface area (Å²) in [6.07, 6.45) is 4.04. The Morgan fingerprint density at radius 2 is 1.87 bits per heavy atom. The van der Waals surface area contributed by atoms with E-state index in [2.05, 4.69) is 5.32 Å². The van der Waals surface area contributed by atoms with Crippen molar-refractivity contribution >= 4 is 35.1 Å². The summed E-state index contributed by atoms with van der Waals surface area (Å²) in [6, 6.07) is 11.6. The topological polar surface area (TPSA) is 90.9 Å². The molecule has 8 heteroatoms. The lowest BCUT2D eigenvalue weighted by molar-refractivity contribution is -0.114. The van der Waals surface area contributed by atoms with Gasteiger partial charge in [0.05, 0.1) is 17.4 Å². The number of esters is 1. The third-order valence-electron chi connectivity index (χ3n) is 4.72. The van der Waals surface area contributed by atoms with Gasteiger partial charge in [-0.05, 0) is 55.5 Å². The Labute approximate surface area is 185 Å². The number of Topliss-reactive ketones (excluding diaryl/α,β-unsaturated/α-hetero) is 1. The Kier molecular flexibility index (Phi) is 8.08. The quantitative estimate of drug-likeness (QED) is 0.356. The van der Waals surface area contributed by atoms with Crippen molar-refractivity contribution in [1.82, 2.24) is 0 Å². The number of hydrogen-bond donors (Lipinski definition) is 1. The minimum atomic E-state index is -0.596. The molecular weight excluding hydrogens is 418 g/mol. The molecule has 31 heavy (non-hydrogen) atoms. The van der Waals surface area contributed by atoms with Gasteiger partial charge in [0, 0.05) is 24.0 Å². The van der Waals surface area contributed by atoms with Crippen LogP contribution in [0.15, 0.2) is 47.4 Å². The van der Waals surface area contributed by atoms with Crippen molar-refractivity contribution in [1.29, 1.82) is 0 Å². The average molecular weight is 444 g/mol. The molecule has 0 saturated carbocycles. The van der Waals surface area contributed by atoms with Gasteiger partial charge in [-0.1, -0.05) is 6.07 Å². The summed E-state index contributed by atoms with van der Waals surface area (Å²) in [6.45, 7) is 2.26. The SMILES string of the molecule is CSc1ccc(C(=O)COC(=O)c2ccc(OCC3CCCO3)cc2)cc1NC(C)=O. The van der Waals surface area contributed by atoms with Gasteiger partial charge in [0.15, 0.2) is 12.4 Å². The number of ketones is 1. The predicted octanol–water partition coefficient (Wildman–Crippen LogP) is 3.96. The minimum absolute atomic E-state index is 0.117. The third-order valence-corrected chi connectivity index (χ3v) is 5.51. The van der Waals surface area contributed by atoms with Gasteiger partial charge in [-0.2, -0.15) is 0 Å². The Morgan fingerprint density at radius 3 is 2.52 bits per heavy atom. The molecule has 0 aliphatic carbocycles. The van der Waals surface area contributed by atoms with Gasteiger partial charge >= 0.3 is 5.97 Å². The summed E-state index contributed by atoms with van der Waals surface area (Å²) in [7, 11) is 0. The summed E-state index contributed by atoms with van der Waals surface area (Å²) < 4.78 is 16.4. The van der Waals surface area contributed by atoms with Crippen molar-refractivity contribution in [3.8, 4) is 5.75 Å². The second-order valence-corrected chi connectivity index (χ2v) is 7.91. The van der Waals surface area contributed by atoms with Crippen molar-refractivity contribution in [2.75, 3.05) is 31.4 Å². The van der Waals surface area contributed by atoms with Crippen molar-refractivity contribution in [3.63, 3.8) is 0 Å². The van der Waals surface area contributed by atoms with Crippen LogP contribution in [0, 0.1) is 0 Å². The molecule has 7 nitrogen and oxygen atoms in total. The van der Waals surface area contributed by atoms with E-state index in [0.29, 0.717) is 29.2 Å². The van der Waals surface area contributed by atoms with Crippen LogP contribution in [0.3, 0.4) is 0 Å². The van der Waals surface area contributed by atoms with Crippen LogP contribution in [0.2, 0.25) is 0 Å². The molecule has 1 amide bonds. The van der Waals surface area contributed by atoms with Crippen LogP contribution >= 0.6 is 11.8 Å². The maximum absolute atomic E-state index is 12.5. The maximum atomic E-state index is 12.5. The molecule has 164 valence electrons. The number of carbonyl (C=O) groups is 3. The molecule has 1 unspecified atom stereocenters. The molecule has 1 atom stereocenters. The van der Waals surface area contributed by atoms with Crippen LogP contribution in [0.5, 0.6) is 5.75 Å². The van der Waals surface area contributed by atoms with Crippen LogP contribution < -0.4 is 10.1 Å². The molecule has 1 aliphatic rings. The predicted molar refractivity (Wildman–Crippen MR) is 118 cm³/mol. The summed E-state index contributed by atoms with van der Waals surface area (Å²) >= 11 is 1.46. The van der Waals surface area contributed by atoms with E-state index in [9.17, 15) is 14.4 Å². The molecular formula is C23H25NO6S. The van der Waals surface area contributed by atoms with E-state index in [4.69, 9.17) is 14.2 Å². The first-order valence-corrected chi connectivity index (χ1v) is 11.2. The van der Waals surface area contributed by atoms with Crippen molar-refractivity contribution in [2.45, 2.75) is 30.8 Å². The van der Waals surface area contributed by atoms with Gasteiger partial charge in [-0.15, -0.1) is 11.8 Å². The van der Waals surface area contributed by atoms with Crippen LogP contribution in [-0.2, 0) is 14.3 Å². The number of nitrogens with one attached hydrogen (secondary N) is 1. The Bertz CT molecular complexity index is 938. The fourth-order valence-electron chi connectivity index (χ4n) is 3.12. The fourth-order valence-corrected chi connectivity index (χ4v) is 3.65. The van der Waals surface area contributed by atoms with E-state index in [1.807, 2.05) is 6.26 Å². The first-order valence-electron chi connectivity index (χ1n) is 9.96. The highest BCUT2D eigenvalue weighted by Gasteiger charge is 2.17. The number of benzene rings is 2. The zero-order valence-electron chi connectivity index (χ0n) is 17.5. The lowest BCUT2D eigenvalue weighted by Crippen LogP contribution is -2.16. The molecule has 1 heterocycles. The average Bonchev–Trinajstić information content (AvgIpc) is 3.29. The molecule has 1 saturated heterocycles. The van der Waals surface area contributed by atoms with Gasteiger partial charge in [0.1, 0.15) is 12.4 Å². The lowest BCUT2D eigenvalue weighted by atomic mass is 10.1. The highest BCUT2D eigenvalue weighted by molar-refractivity contribution is 7.98. The van der Waals surface area contributed by atoms with Gasteiger partial charge in [-0.3, -0.25) is 9.59 Å². The standard InChI is InChI=1S/C23H25NO6S/c1-15(25)24-20-12-17(7-10-22(20)31-2)21(26)14-30-23(27)16-5-8-18(9-6-16)29-13-19-4-3-11-28-19/h5-10,12,19H,3-4,11,13-14H2,1-2H3,(H,24,25). The van der Waals surface area contributed by atoms with Gasteiger partial charge in [0.25, 0.3) is 0 Å². The summed E-state index contributed by atoms with van der Waals surface area (Å²) in [5.74, 6) is -0.539. The molecule has 1 fully saturated rings. The van der Waals surface area contributed by atoms with E-state index < -0.39 is 12.6 Å². The van der Waals surface area contributed by atoms with E-state index in [1.165, 1.54) is 18.7 Å². The van der Waals surface area contributed by atoms with Gasteiger partial charge < -0.3 is 19.5 Å². The number of ether oxygens (including phenoxy) is 3. The van der Waals surface area contributed by atoms with E-state index >= 15 is 0 Å². The molecule has 0 radical (unpaired) electrons. The zero-order chi connectivity index (χ0) is 22.2. The number of hydrogen-bond acceptors (Lipinski definition) is 7. The molecule has 2 aromatic carbocycles. The van der Waals surface area contributed by atoms with Gasteiger partial charge in [-0.25, -0.2) is 4.79 Å². The number of amides is 1. The molecule has 1 N–H and O–H groups in total. The molecule has 1 aliphatic heterocycles. The first-order chi connectivity index (χ1) is 15.0. The maximum Gasteiger partial charge on any atom is 0.338 e. The minimum Gasteiger partial charge on any atom is -0.491 e. The smallest absolute Gasteiger partial charge is 0.338 e. The van der Waals surface area contributed by atoms with Crippen LogP contribution in [0.1, 0.15) is 40.5 Å². The highest BCUT2D eigenvalue weighted by atomic mass is 32.2. The number of rotatable bonds is 9. The van der Waals surface area contributed by atoms with E-state index in [1.54, 1.807) is 42.5 Å². The van der Waals surface area contributed by atoms with E-state index in [-0.39, 0.29) is 17.8 Å². The van der Waals surface area contributed by atoms with E-state index in [0.717, 1.165) is 24.3 Å². The normalized spacial score (nSPS) is 15.4. The van der Waals surface area contributed by atoms with Crippen LogP contribution in [-0.4, -0.2) is 49.8 Å². The largest absolute Gasteiger partial charge is 0.491 e. The molecule has 2 aromatic rings. The summed E-state index contributed by atoms with van der Waals surface area (Å²) in [5, 5.41) is 2.70. The molecule has 0 aromatic heterocycles. The monoisotopic (exact) mass is 443 g/mol. The number of anilines is 1. The number of thioether (sulfide) groups is 1. The lowest BCUT2D eigenvalue weighted by Gasteiger charge is -2.12. The fraction of sp³-hybridized carbons (Fsp3) is 0.348. The second-order valence-electron chi connectivity index (χ2n) is 7.07. The molecule has 0 spiro atoms. The second kappa shape index (κ2) is 11.0. The van der Waals surface area contributed by atoms with Crippen molar-refractivity contribution < 1.29 is 28.6 Å². The van der Waals surface area contributed by atoms with Crippen molar-refractivity contribution in [2.24, 2.45) is 0 Å². The van der Waals surface area contributed by atoms with Crippen molar-refractivity contribution in [3.05, 3.63) is 53.6 Å². The van der Waals surface area contributed by atoms with Gasteiger partial charge in [0.2, 0.25) is 5.91 Å². The van der Waals surface area contributed by atoms with Crippen LogP contribution in [0.4, 0.5) is 5.69 Å².